The van der Waals surface area contributed by atoms with E-state index in [1.54, 1.807) is 36.4 Å². The third-order valence-corrected chi connectivity index (χ3v) is 7.23. The van der Waals surface area contributed by atoms with Gasteiger partial charge in [0.15, 0.2) is 15.7 Å². The lowest BCUT2D eigenvalue weighted by Gasteiger charge is -2.11. The van der Waals surface area contributed by atoms with E-state index < -0.39 is 9.84 Å². The molecule has 0 aliphatic rings. The molecule has 3 aromatic carbocycles. The van der Waals surface area contributed by atoms with Crippen molar-refractivity contribution < 1.29 is 8.42 Å². The van der Waals surface area contributed by atoms with Gasteiger partial charge in [0.1, 0.15) is 5.82 Å². The van der Waals surface area contributed by atoms with Crippen LogP contribution in [0.3, 0.4) is 0 Å². The largest absolute Gasteiger partial charge is 0.307 e. The van der Waals surface area contributed by atoms with Crippen LogP contribution in [0.15, 0.2) is 102 Å². The van der Waals surface area contributed by atoms with Crippen LogP contribution in [0.25, 0.3) is 34.0 Å². The Morgan fingerprint density at radius 2 is 1.44 bits per heavy atom. The summed E-state index contributed by atoms with van der Waals surface area (Å²) in [4.78, 5) is 5.12. The van der Waals surface area contributed by atoms with Crippen LogP contribution in [0.1, 0.15) is 0 Å². The summed E-state index contributed by atoms with van der Waals surface area (Å²) in [6.07, 6.45) is 6.97. The van der Waals surface area contributed by atoms with Gasteiger partial charge in [0.05, 0.1) is 26.7 Å². The minimum absolute atomic E-state index is 0.288. The van der Waals surface area contributed by atoms with Gasteiger partial charge in [-0.1, -0.05) is 53.5 Å². The van der Waals surface area contributed by atoms with Crippen LogP contribution in [0, 0.1) is 0 Å². The molecular formula is C26H19Cl2N3O2S. The van der Waals surface area contributed by atoms with Gasteiger partial charge in [0.2, 0.25) is 0 Å². The first-order valence-electron chi connectivity index (χ1n) is 10.4. The Morgan fingerprint density at radius 1 is 0.794 bits per heavy atom. The van der Waals surface area contributed by atoms with E-state index in [1.807, 2.05) is 70.2 Å². The average Bonchev–Trinajstić information content (AvgIpc) is 3.49. The Morgan fingerprint density at radius 3 is 2.09 bits per heavy atom. The van der Waals surface area contributed by atoms with Crippen LogP contribution in [0.2, 0.25) is 10.0 Å². The highest BCUT2D eigenvalue weighted by Crippen LogP contribution is 2.36. The Bertz CT molecular complexity index is 1570. The molecule has 0 saturated heterocycles. The Kier molecular flexibility index (Phi) is 5.81. The summed E-state index contributed by atoms with van der Waals surface area (Å²) < 4.78 is 27.8. The zero-order valence-electron chi connectivity index (χ0n) is 18.1. The number of halogens is 2. The van der Waals surface area contributed by atoms with E-state index in [0.29, 0.717) is 21.4 Å². The summed E-state index contributed by atoms with van der Waals surface area (Å²) in [5, 5.41) is 1.01. The number of imidazole rings is 1. The van der Waals surface area contributed by atoms with Gasteiger partial charge < -0.3 is 4.57 Å². The molecule has 5 rings (SSSR count). The van der Waals surface area contributed by atoms with Crippen molar-refractivity contribution in [3.8, 4) is 34.0 Å². The average molecular weight is 508 g/mol. The third-order valence-electron chi connectivity index (χ3n) is 5.49. The maximum Gasteiger partial charge on any atom is 0.175 e. The third kappa shape index (κ3) is 4.28. The standard InChI is InChI=1S/C26H19Cl2N3O2S/c1-34(32,33)21-7-4-6-19(16-21)18-10-12-20(13-11-18)31-17-24(30-14-2-3-15-30)29-26(31)25-22(27)8-5-9-23(25)28/h2-17H,1H3. The molecule has 8 heteroatoms. The lowest BCUT2D eigenvalue weighted by atomic mass is 10.1. The topological polar surface area (TPSA) is 56.9 Å². The van der Waals surface area contributed by atoms with Gasteiger partial charge in [0, 0.05) is 24.3 Å². The predicted octanol–water partition coefficient (Wildman–Crippen LogP) is 6.71. The molecule has 170 valence electrons. The quantitative estimate of drug-likeness (QED) is 0.265. The second-order valence-corrected chi connectivity index (χ2v) is 10.7. The lowest BCUT2D eigenvalue weighted by molar-refractivity contribution is 0.602. The molecule has 0 atom stereocenters. The van der Waals surface area contributed by atoms with Crippen molar-refractivity contribution in [3.63, 3.8) is 0 Å². The first-order chi connectivity index (χ1) is 16.3. The van der Waals surface area contributed by atoms with E-state index in [2.05, 4.69) is 0 Å². The van der Waals surface area contributed by atoms with E-state index in [-0.39, 0.29) is 4.90 Å². The van der Waals surface area contributed by atoms with Crippen LogP contribution in [-0.4, -0.2) is 28.8 Å². The SMILES string of the molecule is CS(=O)(=O)c1cccc(-c2ccc(-n3cc(-n4cccc4)nc3-c3c(Cl)cccc3Cl)cc2)c1. The number of hydrogen-bond donors (Lipinski definition) is 0. The van der Waals surface area contributed by atoms with E-state index in [4.69, 9.17) is 28.2 Å². The molecular weight excluding hydrogens is 489 g/mol. The minimum atomic E-state index is -3.29. The molecule has 0 bridgehead atoms. The molecule has 0 unspecified atom stereocenters. The predicted molar refractivity (Wildman–Crippen MR) is 137 cm³/mol. The molecule has 0 fully saturated rings. The Balaban J connectivity index is 1.62. The van der Waals surface area contributed by atoms with Gasteiger partial charge in [-0.15, -0.1) is 0 Å². The van der Waals surface area contributed by atoms with Gasteiger partial charge in [-0.2, -0.15) is 0 Å². The van der Waals surface area contributed by atoms with Gasteiger partial charge in [0.25, 0.3) is 0 Å². The van der Waals surface area contributed by atoms with Crippen molar-refractivity contribution in [2.75, 3.05) is 6.26 Å². The Labute approximate surface area is 207 Å². The second kappa shape index (κ2) is 8.80. The van der Waals surface area contributed by atoms with E-state index >= 15 is 0 Å². The zero-order chi connectivity index (χ0) is 23.9. The fourth-order valence-corrected chi connectivity index (χ4v) is 5.02. The zero-order valence-corrected chi connectivity index (χ0v) is 20.4. The lowest BCUT2D eigenvalue weighted by Crippen LogP contribution is -1.98. The molecule has 5 aromatic rings. The number of sulfone groups is 1. The van der Waals surface area contributed by atoms with Crippen molar-refractivity contribution in [2.24, 2.45) is 0 Å². The molecule has 0 radical (unpaired) electrons. The first kappa shape index (κ1) is 22.5. The van der Waals surface area contributed by atoms with Crippen molar-refractivity contribution in [3.05, 3.63) is 107 Å². The summed E-state index contributed by atoms with van der Waals surface area (Å²) in [5.41, 5.74) is 3.23. The molecule has 5 nitrogen and oxygen atoms in total. The molecule has 0 aliphatic heterocycles. The summed E-state index contributed by atoms with van der Waals surface area (Å²) in [6, 6.07) is 24.0. The van der Waals surface area contributed by atoms with E-state index in [1.165, 1.54) is 6.26 Å². The molecule has 0 aliphatic carbocycles. The fraction of sp³-hybridized carbons (Fsp3) is 0.0385. The smallest absolute Gasteiger partial charge is 0.175 e. The highest BCUT2D eigenvalue weighted by Gasteiger charge is 2.18. The minimum Gasteiger partial charge on any atom is -0.307 e. The van der Waals surface area contributed by atoms with Crippen molar-refractivity contribution in [1.82, 2.24) is 14.1 Å². The van der Waals surface area contributed by atoms with Gasteiger partial charge in [-0.05, 0) is 59.7 Å². The van der Waals surface area contributed by atoms with Crippen LogP contribution in [0.4, 0.5) is 0 Å². The summed E-state index contributed by atoms with van der Waals surface area (Å²) in [7, 11) is -3.29. The van der Waals surface area contributed by atoms with Crippen LogP contribution in [-0.2, 0) is 9.84 Å². The number of hydrogen-bond acceptors (Lipinski definition) is 3. The molecule has 2 heterocycles. The number of benzene rings is 3. The highest BCUT2D eigenvalue weighted by atomic mass is 35.5. The van der Waals surface area contributed by atoms with Crippen LogP contribution < -0.4 is 0 Å². The summed E-state index contributed by atoms with van der Waals surface area (Å²) in [6.45, 7) is 0. The van der Waals surface area contributed by atoms with Gasteiger partial charge >= 0.3 is 0 Å². The van der Waals surface area contributed by atoms with Gasteiger partial charge in [-0.25, -0.2) is 13.4 Å². The molecule has 0 saturated carbocycles. The molecule has 2 aromatic heterocycles. The summed E-state index contributed by atoms with van der Waals surface area (Å²) in [5.74, 6) is 1.34. The molecule has 0 amide bonds. The fourth-order valence-electron chi connectivity index (χ4n) is 3.78. The van der Waals surface area contributed by atoms with Crippen molar-refractivity contribution in [1.29, 1.82) is 0 Å². The monoisotopic (exact) mass is 507 g/mol. The normalized spacial score (nSPS) is 11.6. The number of aromatic nitrogens is 3. The van der Waals surface area contributed by atoms with Crippen LogP contribution >= 0.6 is 23.2 Å². The maximum absolute atomic E-state index is 11.9. The highest BCUT2D eigenvalue weighted by molar-refractivity contribution is 7.90. The molecule has 0 N–H and O–H groups in total. The number of rotatable bonds is 5. The molecule has 0 spiro atoms. The van der Waals surface area contributed by atoms with E-state index in [9.17, 15) is 8.42 Å². The van der Waals surface area contributed by atoms with Crippen LogP contribution in [0.5, 0.6) is 0 Å². The van der Waals surface area contributed by atoms with Crippen molar-refractivity contribution >= 4 is 33.0 Å². The van der Waals surface area contributed by atoms with Crippen molar-refractivity contribution in [2.45, 2.75) is 4.90 Å². The molecule has 34 heavy (non-hydrogen) atoms. The summed E-state index contributed by atoms with van der Waals surface area (Å²) >= 11 is 13.0. The maximum atomic E-state index is 11.9. The Hall–Kier alpha value is -3.32. The number of nitrogens with zero attached hydrogens (tertiary/aromatic N) is 3. The first-order valence-corrected chi connectivity index (χ1v) is 13.0. The van der Waals surface area contributed by atoms with E-state index in [0.717, 1.165) is 22.6 Å². The van der Waals surface area contributed by atoms with Gasteiger partial charge in [-0.3, -0.25) is 4.57 Å². The second-order valence-electron chi connectivity index (χ2n) is 7.83.